The van der Waals surface area contributed by atoms with E-state index >= 15 is 0 Å². The molecule has 0 unspecified atom stereocenters. The molecule has 0 bridgehead atoms. The van der Waals surface area contributed by atoms with E-state index in [1.165, 1.54) is 10.5 Å². The zero-order valence-electron chi connectivity index (χ0n) is 15.5. The van der Waals surface area contributed by atoms with Gasteiger partial charge in [0.2, 0.25) is 0 Å². The number of benzene rings is 2. The maximum atomic E-state index is 13.1. The summed E-state index contributed by atoms with van der Waals surface area (Å²) in [4.78, 5) is 20.6. The van der Waals surface area contributed by atoms with Gasteiger partial charge in [0.1, 0.15) is 12.3 Å². The molecule has 1 aliphatic heterocycles. The van der Waals surface area contributed by atoms with Crippen LogP contribution in [0.1, 0.15) is 15.9 Å². The van der Waals surface area contributed by atoms with Crippen molar-refractivity contribution in [3.63, 3.8) is 0 Å². The van der Waals surface area contributed by atoms with Gasteiger partial charge < -0.3 is 14.5 Å². The van der Waals surface area contributed by atoms with Crippen molar-refractivity contribution in [1.82, 2.24) is 9.88 Å². The molecule has 0 spiro atoms. The first-order valence-electron chi connectivity index (χ1n) is 9.33. The number of hydrogen-bond donors (Lipinski definition) is 1. The number of piperazine rings is 1. The van der Waals surface area contributed by atoms with E-state index in [1.54, 1.807) is 7.11 Å². The monoisotopic (exact) mass is 362 g/mol. The van der Waals surface area contributed by atoms with E-state index in [0.717, 1.165) is 43.5 Å². The normalized spacial score (nSPS) is 15.1. The van der Waals surface area contributed by atoms with Crippen molar-refractivity contribution in [2.24, 2.45) is 0 Å². The van der Waals surface area contributed by atoms with Gasteiger partial charge >= 0.3 is 0 Å². The van der Waals surface area contributed by atoms with Crippen LogP contribution in [-0.4, -0.2) is 49.1 Å². The van der Waals surface area contributed by atoms with Crippen LogP contribution in [0.5, 0.6) is 5.75 Å². The quantitative estimate of drug-likeness (QED) is 0.770. The molecule has 1 aromatic heterocycles. The van der Waals surface area contributed by atoms with Crippen molar-refractivity contribution < 1.29 is 14.4 Å². The third-order valence-electron chi connectivity index (χ3n) is 5.26. The minimum absolute atomic E-state index is 0.0561. The van der Waals surface area contributed by atoms with Crippen LogP contribution in [0.4, 0.5) is 0 Å². The second-order valence-electron chi connectivity index (χ2n) is 6.97. The molecule has 138 valence electrons. The molecule has 0 atom stereocenters. The van der Waals surface area contributed by atoms with Gasteiger partial charge in [0.25, 0.3) is 5.91 Å². The number of nitrogens with zero attached hydrogens (tertiary/aromatic N) is 2. The second kappa shape index (κ2) is 7.76. The number of ether oxygens (including phenoxy) is 1. The summed E-state index contributed by atoms with van der Waals surface area (Å²) in [6.07, 6.45) is 3.67. The lowest BCUT2D eigenvalue weighted by molar-refractivity contribution is -0.917. The fourth-order valence-electron chi connectivity index (χ4n) is 3.72. The molecule has 1 amide bonds. The molecule has 0 saturated carbocycles. The van der Waals surface area contributed by atoms with Gasteiger partial charge in [-0.15, -0.1) is 0 Å². The number of methoxy groups -OCH3 is 1. The summed E-state index contributed by atoms with van der Waals surface area (Å²) in [5.41, 5.74) is 1.93. The van der Waals surface area contributed by atoms with Gasteiger partial charge in [0.15, 0.2) is 0 Å². The molecule has 0 aliphatic carbocycles. The zero-order valence-corrected chi connectivity index (χ0v) is 15.5. The fourth-order valence-corrected chi connectivity index (χ4v) is 3.72. The summed E-state index contributed by atoms with van der Waals surface area (Å²) in [6.45, 7) is 4.39. The molecule has 2 heterocycles. The maximum absolute atomic E-state index is 13.1. The first-order chi connectivity index (χ1) is 13.2. The largest absolute Gasteiger partial charge is 0.496 e. The third-order valence-corrected chi connectivity index (χ3v) is 5.26. The predicted molar refractivity (Wildman–Crippen MR) is 105 cm³/mol. The highest BCUT2D eigenvalue weighted by molar-refractivity contribution is 6.01. The first-order valence-corrected chi connectivity index (χ1v) is 9.33. The van der Waals surface area contributed by atoms with Crippen LogP contribution in [0.15, 0.2) is 60.9 Å². The van der Waals surface area contributed by atoms with Crippen molar-refractivity contribution in [3.8, 4) is 5.75 Å². The Morgan fingerprint density at radius 1 is 1.07 bits per heavy atom. The summed E-state index contributed by atoms with van der Waals surface area (Å²) in [5.74, 6) is 0.700. The molecule has 5 nitrogen and oxygen atoms in total. The number of rotatable bonds is 4. The Morgan fingerprint density at radius 2 is 1.74 bits per heavy atom. The van der Waals surface area contributed by atoms with E-state index in [-0.39, 0.29) is 5.91 Å². The topological polar surface area (TPSA) is 46.9 Å². The Balaban J connectivity index is 1.47. The van der Waals surface area contributed by atoms with Crippen LogP contribution in [0.25, 0.3) is 10.8 Å². The van der Waals surface area contributed by atoms with E-state index in [1.807, 2.05) is 53.7 Å². The second-order valence-corrected chi connectivity index (χ2v) is 6.97. The lowest BCUT2D eigenvalue weighted by Crippen LogP contribution is -3.13. The zero-order chi connectivity index (χ0) is 18.6. The highest BCUT2D eigenvalue weighted by Gasteiger charge is 2.26. The molecule has 27 heavy (non-hydrogen) atoms. The van der Waals surface area contributed by atoms with Crippen molar-refractivity contribution >= 4 is 16.7 Å². The lowest BCUT2D eigenvalue weighted by atomic mass is 10.0. The summed E-state index contributed by atoms with van der Waals surface area (Å²) in [6, 6.07) is 16.1. The van der Waals surface area contributed by atoms with Crippen LogP contribution < -0.4 is 9.64 Å². The third kappa shape index (κ3) is 3.78. The fraction of sp³-hybridized carbons (Fsp3) is 0.273. The van der Waals surface area contributed by atoms with Crippen LogP contribution in [0.2, 0.25) is 0 Å². The number of carbonyl (C=O) groups excluding carboxylic acids is 1. The molecular weight excluding hydrogens is 338 g/mol. The Kier molecular flexibility index (Phi) is 5.03. The highest BCUT2D eigenvalue weighted by atomic mass is 16.5. The number of aromatic nitrogens is 1. The van der Waals surface area contributed by atoms with Crippen molar-refractivity contribution in [3.05, 3.63) is 72.1 Å². The van der Waals surface area contributed by atoms with Gasteiger partial charge in [0, 0.05) is 18.0 Å². The standard InChI is InChI=1S/C22H23N3O2/c1-27-21-15-19-5-3-2-4-18(19)14-20(21)22(26)25-12-10-24(11-13-25)16-17-6-8-23-9-7-17/h2-9,14-15H,10-13,16H2,1H3/p+1. The summed E-state index contributed by atoms with van der Waals surface area (Å²) < 4.78 is 5.51. The van der Waals surface area contributed by atoms with Crippen molar-refractivity contribution in [2.75, 3.05) is 33.3 Å². The molecule has 2 aromatic carbocycles. The van der Waals surface area contributed by atoms with Gasteiger partial charge in [-0.3, -0.25) is 9.78 Å². The maximum Gasteiger partial charge on any atom is 0.258 e. The van der Waals surface area contributed by atoms with Gasteiger partial charge in [-0.05, 0) is 35.0 Å². The molecule has 1 N–H and O–H groups in total. The average Bonchev–Trinajstić information content (AvgIpc) is 2.73. The Hall–Kier alpha value is -2.92. The van der Waals surface area contributed by atoms with E-state index in [2.05, 4.69) is 17.1 Å². The van der Waals surface area contributed by atoms with Gasteiger partial charge in [0.05, 0.1) is 38.9 Å². The first kappa shape index (κ1) is 17.5. The van der Waals surface area contributed by atoms with Crippen LogP contribution in [0.3, 0.4) is 0 Å². The molecule has 0 radical (unpaired) electrons. The number of quaternary nitrogens is 1. The molecule has 1 aliphatic rings. The molecular formula is C22H24N3O2+. The van der Waals surface area contributed by atoms with Gasteiger partial charge in [-0.2, -0.15) is 0 Å². The number of amides is 1. The van der Waals surface area contributed by atoms with Gasteiger partial charge in [-0.1, -0.05) is 24.3 Å². The van der Waals surface area contributed by atoms with E-state index in [0.29, 0.717) is 11.3 Å². The average molecular weight is 362 g/mol. The smallest absolute Gasteiger partial charge is 0.258 e. The summed E-state index contributed by atoms with van der Waals surface area (Å²) in [7, 11) is 1.62. The van der Waals surface area contributed by atoms with E-state index < -0.39 is 0 Å². The number of pyridine rings is 1. The highest BCUT2D eigenvalue weighted by Crippen LogP contribution is 2.27. The summed E-state index contributed by atoms with van der Waals surface area (Å²) >= 11 is 0. The lowest BCUT2D eigenvalue weighted by Gasteiger charge is -2.32. The SMILES string of the molecule is COc1cc2ccccc2cc1C(=O)N1CC[NH+](Cc2ccncc2)CC1. The molecule has 1 saturated heterocycles. The minimum atomic E-state index is 0.0561. The molecule has 5 heteroatoms. The van der Waals surface area contributed by atoms with E-state index in [4.69, 9.17) is 4.74 Å². The van der Waals surface area contributed by atoms with E-state index in [9.17, 15) is 4.79 Å². The Morgan fingerprint density at radius 3 is 2.41 bits per heavy atom. The van der Waals surface area contributed by atoms with Crippen molar-refractivity contribution in [1.29, 1.82) is 0 Å². The Bertz CT molecular complexity index is 935. The summed E-state index contributed by atoms with van der Waals surface area (Å²) in [5, 5.41) is 2.14. The van der Waals surface area contributed by atoms with Crippen LogP contribution in [0, 0.1) is 0 Å². The van der Waals surface area contributed by atoms with Crippen LogP contribution >= 0.6 is 0 Å². The minimum Gasteiger partial charge on any atom is -0.496 e. The van der Waals surface area contributed by atoms with Crippen LogP contribution in [-0.2, 0) is 6.54 Å². The predicted octanol–water partition coefficient (Wildman–Crippen LogP) is 1.78. The van der Waals surface area contributed by atoms with Gasteiger partial charge in [-0.25, -0.2) is 0 Å². The molecule has 4 rings (SSSR count). The number of carbonyl (C=O) groups is 1. The Labute approximate surface area is 159 Å². The number of hydrogen-bond acceptors (Lipinski definition) is 3. The molecule has 3 aromatic rings. The number of nitrogens with one attached hydrogen (secondary N) is 1. The number of fused-ring (bicyclic) bond motifs is 1. The molecule has 1 fully saturated rings. The van der Waals surface area contributed by atoms with Crippen molar-refractivity contribution in [2.45, 2.75) is 6.54 Å².